The summed E-state index contributed by atoms with van der Waals surface area (Å²) in [4.78, 5) is 12.9. The first kappa shape index (κ1) is 12.1. The lowest BCUT2D eigenvalue weighted by Crippen LogP contribution is -2.03. The van der Waals surface area contributed by atoms with Crippen LogP contribution in [0, 0.1) is 13.8 Å². The Bertz CT molecular complexity index is 589. The second-order valence-corrected chi connectivity index (χ2v) is 5.22. The van der Waals surface area contributed by atoms with E-state index in [2.05, 4.69) is 0 Å². The average molecular weight is 266 g/mol. The highest BCUT2D eigenvalue weighted by Gasteiger charge is 2.18. The second kappa shape index (κ2) is 4.51. The number of halogens is 1. The molecule has 0 aliphatic carbocycles. The van der Waals surface area contributed by atoms with Crippen LogP contribution in [-0.4, -0.2) is 5.78 Å². The quantitative estimate of drug-likeness (QED) is 0.662. The van der Waals surface area contributed by atoms with Crippen molar-refractivity contribution in [3.63, 3.8) is 0 Å². The van der Waals surface area contributed by atoms with Gasteiger partial charge in [-0.15, -0.1) is 11.3 Å². The lowest BCUT2D eigenvalue weighted by molar-refractivity contribution is 0.104. The minimum absolute atomic E-state index is 0.0365. The van der Waals surface area contributed by atoms with Gasteiger partial charge in [-0.2, -0.15) is 0 Å². The molecule has 0 atom stereocenters. The van der Waals surface area contributed by atoms with Gasteiger partial charge < -0.3 is 5.73 Å². The number of rotatable bonds is 2. The lowest BCUT2D eigenvalue weighted by atomic mass is 10.0. The van der Waals surface area contributed by atoms with Crippen molar-refractivity contribution in [2.24, 2.45) is 0 Å². The minimum atomic E-state index is -0.0365. The molecule has 0 unspecified atom stereocenters. The number of nitrogens with two attached hydrogens (primary N) is 1. The molecular formula is C13H12ClNOS. The molecule has 2 nitrogen and oxygen atoms in total. The van der Waals surface area contributed by atoms with Gasteiger partial charge in [0.25, 0.3) is 0 Å². The number of carbonyl (C=O) groups is 1. The Morgan fingerprint density at radius 2 is 2.00 bits per heavy atom. The van der Waals surface area contributed by atoms with Crippen LogP contribution in [0.2, 0.25) is 5.02 Å². The first-order valence-corrected chi connectivity index (χ1v) is 6.41. The Morgan fingerprint density at radius 3 is 2.53 bits per heavy atom. The molecule has 17 heavy (non-hydrogen) atoms. The molecule has 2 aromatic rings. The zero-order valence-corrected chi connectivity index (χ0v) is 11.2. The first-order valence-electron chi connectivity index (χ1n) is 5.15. The van der Waals surface area contributed by atoms with Gasteiger partial charge >= 0.3 is 0 Å². The highest BCUT2D eigenvalue weighted by molar-refractivity contribution is 7.13. The Morgan fingerprint density at radius 1 is 1.29 bits per heavy atom. The van der Waals surface area contributed by atoms with Crippen LogP contribution in [-0.2, 0) is 0 Å². The van der Waals surface area contributed by atoms with Crippen LogP contribution in [0.5, 0.6) is 0 Å². The number of carbonyl (C=O) groups excluding carboxylic acids is 1. The summed E-state index contributed by atoms with van der Waals surface area (Å²) in [6.07, 6.45) is 0. The smallest absolute Gasteiger partial charge is 0.204 e. The third-order valence-electron chi connectivity index (χ3n) is 2.60. The van der Waals surface area contributed by atoms with Gasteiger partial charge in [0.05, 0.1) is 9.90 Å². The summed E-state index contributed by atoms with van der Waals surface area (Å²) in [7, 11) is 0. The Kier molecular flexibility index (Phi) is 3.22. The van der Waals surface area contributed by atoms with Crippen LogP contribution >= 0.6 is 22.9 Å². The van der Waals surface area contributed by atoms with Crippen LogP contribution in [0.4, 0.5) is 5.69 Å². The summed E-state index contributed by atoms with van der Waals surface area (Å²) in [5.74, 6) is -0.0365. The zero-order chi connectivity index (χ0) is 12.6. The van der Waals surface area contributed by atoms with Gasteiger partial charge in [0.15, 0.2) is 0 Å². The maximum atomic E-state index is 12.3. The van der Waals surface area contributed by atoms with E-state index in [0.717, 1.165) is 11.1 Å². The summed E-state index contributed by atoms with van der Waals surface area (Å²) in [6.45, 7) is 3.77. The van der Waals surface area contributed by atoms with Crippen molar-refractivity contribution in [1.82, 2.24) is 0 Å². The number of aryl methyl sites for hydroxylation is 2. The van der Waals surface area contributed by atoms with E-state index >= 15 is 0 Å². The molecule has 0 aliphatic heterocycles. The van der Waals surface area contributed by atoms with Crippen molar-refractivity contribution >= 4 is 34.4 Å². The van der Waals surface area contributed by atoms with E-state index < -0.39 is 0 Å². The van der Waals surface area contributed by atoms with Crippen molar-refractivity contribution in [3.8, 4) is 0 Å². The molecule has 0 fully saturated rings. The molecule has 2 rings (SSSR count). The maximum absolute atomic E-state index is 12.3. The SMILES string of the molecule is Cc1cc(N)ccc1C(=O)c1scc(C)c1Cl. The molecule has 0 aliphatic rings. The molecule has 2 N–H and O–H groups in total. The second-order valence-electron chi connectivity index (χ2n) is 3.97. The third kappa shape index (κ3) is 2.21. The van der Waals surface area contributed by atoms with Gasteiger partial charge in [0.1, 0.15) is 0 Å². The third-order valence-corrected chi connectivity index (χ3v) is 4.30. The molecule has 0 radical (unpaired) electrons. The molecule has 1 heterocycles. The molecule has 4 heteroatoms. The van der Waals surface area contributed by atoms with Gasteiger partial charge in [-0.05, 0) is 48.6 Å². The van der Waals surface area contributed by atoms with Crippen molar-refractivity contribution in [2.45, 2.75) is 13.8 Å². The largest absolute Gasteiger partial charge is 0.399 e. The minimum Gasteiger partial charge on any atom is -0.399 e. The van der Waals surface area contributed by atoms with Gasteiger partial charge in [0, 0.05) is 11.3 Å². The monoisotopic (exact) mass is 265 g/mol. The predicted molar refractivity (Wildman–Crippen MR) is 73.1 cm³/mol. The molecule has 0 spiro atoms. The van der Waals surface area contributed by atoms with Crippen LogP contribution in [0.3, 0.4) is 0 Å². The molecule has 0 saturated carbocycles. The van der Waals surface area contributed by atoms with Crippen molar-refractivity contribution < 1.29 is 4.79 Å². The van der Waals surface area contributed by atoms with E-state index in [1.54, 1.807) is 18.2 Å². The van der Waals surface area contributed by atoms with Gasteiger partial charge in [-0.25, -0.2) is 0 Å². The van der Waals surface area contributed by atoms with Crippen LogP contribution in [0.1, 0.15) is 26.4 Å². The van der Waals surface area contributed by atoms with E-state index in [1.165, 1.54) is 11.3 Å². The topological polar surface area (TPSA) is 43.1 Å². The van der Waals surface area contributed by atoms with Crippen LogP contribution in [0.25, 0.3) is 0 Å². The number of ketones is 1. The lowest BCUT2D eigenvalue weighted by Gasteiger charge is -2.05. The summed E-state index contributed by atoms with van der Waals surface area (Å²) >= 11 is 7.48. The molecule has 1 aromatic carbocycles. The number of thiophene rings is 1. The fourth-order valence-corrected chi connectivity index (χ4v) is 2.88. The van der Waals surface area contributed by atoms with Crippen molar-refractivity contribution in [2.75, 3.05) is 5.73 Å². The van der Waals surface area contributed by atoms with E-state index in [0.29, 0.717) is 21.2 Å². The van der Waals surface area contributed by atoms with E-state index in [4.69, 9.17) is 17.3 Å². The highest BCUT2D eigenvalue weighted by atomic mass is 35.5. The highest BCUT2D eigenvalue weighted by Crippen LogP contribution is 2.30. The number of hydrogen-bond acceptors (Lipinski definition) is 3. The van der Waals surface area contributed by atoms with Crippen molar-refractivity contribution in [3.05, 3.63) is 50.2 Å². The average Bonchev–Trinajstić information content (AvgIpc) is 2.59. The standard InChI is InChI=1S/C13H12ClNOS/c1-7-5-9(15)3-4-10(7)12(16)13-11(14)8(2)6-17-13/h3-6H,15H2,1-2H3. The Balaban J connectivity index is 2.47. The van der Waals surface area contributed by atoms with E-state index in [9.17, 15) is 4.79 Å². The van der Waals surface area contributed by atoms with Gasteiger partial charge in [-0.1, -0.05) is 11.6 Å². The maximum Gasteiger partial charge on any atom is 0.204 e. The molecular weight excluding hydrogens is 254 g/mol. The fourth-order valence-electron chi connectivity index (χ4n) is 1.65. The zero-order valence-electron chi connectivity index (χ0n) is 9.58. The van der Waals surface area contributed by atoms with Gasteiger partial charge in [-0.3, -0.25) is 4.79 Å². The number of benzene rings is 1. The molecule has 0 saturated heterocycles. The number of nitrogen functional groups attached to an aromatic ring is 1. The van der Waals surface area contributed by atoms with Crippen LogP contribution < -0.4 is 5.73 Å². The van der Waals surface area contributed by atoms with E-state index in [1.807, 2.05) is 19.2 Å². The fraction of sp³-hybridized carbons (Fsp3) is 0.154. The summed E-state index contributed by atoms with van der Waals surface area (Å²) < 4.78 is 0. The first-order chi connectivity index (χ1) is 8.00. The Hall–Kier alpha value is -1.32. The van der Waals surface area contributed by atoms with Gasteiger partial charge in [0.2, 0.25) is 5.78 Å². The molecule has 0 bridgehead atoms. The normalized spacial score (nSPS) is 10.5. The molecule has 1 aromatic heterocycles. The molecule has 0 amide bonds. The number of hydrogen-bond donors (Lipinski definition) is 1. The van der Waals surface area contributed by atoms with Crippen LogP contribution in [0.15, 0.2) is 23.6 Å². The van der Waals surface area contributed by atoms with Crippen molar-refractivity contribution in [1.29, 1.82) is 0 Å². The number of anilines is 1. The van der Waals surface area contributed by atoms with E-state index in [-0.39, 0.29) is 5.78 Å². The summed E-state index contributed by atoms with van der Waals surface area (Å²) in [5, 5.41) is 2.44. The molecule has 88 valence electrons. The summed E-state index contributed by atoms with van der Waals surface area (Å²) in [6, 6.07) is 5.27. The Labute approximate surface area is 109 Å². The summed E-state index contributed by atoms with van der Waals surface area (Å²) in [5.41, 5.74) is 8.79. The predicted octanol–water partition coefficient (Wildman–Crippen LogP) is 3.83.